The molecule has 0 bridgehead atoms. The molecule has 1 aliphatic heterocycles. The van der Waals surface area contributed by atoms with Crippen LogP contribution in [0.25, 0.3) is 5.65 Å². The Balaban J connectivity index is 1.37. The highest BCUT2D eigenvalue weighted by atomic mass is 32.2. The SMILES string of the molecule is CNc1nc(SC)nn2c([C@@H]3O[C@H](COCc4ccccc4)[C@@H](OCc4ccccc4)[C@@]3(C)OCc3ccccc3)cnc12. The van der Waals surface area contributed by atoms with E-state index in [4.69, 9.17) is 29.0 Å². The van der Waals surface area contributed by atoms with Gasteiger partial charge >= 0.3 is 0 Å². The first-order chi connectivity index (χ1) is 21.6. The Kier molecular flexibility index (Phi) is 9.54. The van der Waals surface area contributed by atoms with E-state index >= 15 is 0 Å². The lowest BCUT2D eigenvalue weighted by atomic mass is 9.90. The van der Waals surface area contributed by atoms with Crippen molar-refractivity contribution in [2.75, 3.05) is 25.2 Å². The quantitative estimate of drug-likeness (QED) is 0.159. The van der Waals surface area contributed by atoms with Crippen LogP contribution in [0.3, 0.4) is 0 Å². The molecule has 44 heavy (non-hydrogen) atoms. The van der Waals surface area contributed by atoms with Crippen LogP contribution >= 0.6 is 11.8 Å². The van der Waals surface area contributed by atoms with Crippen molar-refractivity contribution in [3.63, 3.8) is 0 Å². The summed E-state index contributed by atoms with van der Waals surface area (Å²) in [5, 5.41) is 8.56. The second kappa shape index (κ2) is 13.9. The van der Waals surface area contributed by atoms with Gasteiger partial charge in [-0.2, -0.15) is 4.98 Å². The van der Waals surface area contributed by atoms with E-state index < -0.39 is 23.9 Å². The number of aromatic nitrogens is 4. The van der Waals surface area contributed by atoms with E-state index in [0.29, 0.717) is 43.0 Å². The summed E-state index contributed by atoms with van der Waals surface area (Å²) in [7, 11) is 1.83. The number of anilines is 1. The second-order valence-electron chi connectivity index (χ2n) is 10.8. The van der Waals surface area contributed by atoms with E-state index in [-0.39, 0.29) is 0 Å². The van der Waals surface area contributed by atoms with Gasteiger partial charge in [0.2, 0.25) is 5.16 Å². The van der Waals surface area contributed by atoms with Crippen LogP contribution in [0, 0.1) is 0 Å². The molecule has 2 aromatic heterocycles. The van der Waals surface area contributed by atoms with Crippen molar-refractivity contribution >= 4 is 23.2 Å². The van der Waals surface area contributed by atoms with Gasteiger partial charge in [-0.05, 0) is 29.9 Å². The number of hydrogen-bond donors (Lipinski definition) is 1. The average Bonchev–Trinajstić information content (AvgIpc) is 3.61. The van der Waals surface area contributed by atoms with Crippen LogP contribution in [-0.2, 0) is 38.8 Å². The van der Waals surface area contributed by atoms with Gasteiger partial charge in [0.15, 0.2) is 11.5 Å². The maximum Gasteiger partial charge on any atom is 0.209 e. The standard InChI is InChI=1S/C34H37N5O4S/c1-34(42-22-26-17-11-6-12-18-26)29(27-19-36-32-31(35-2)37-33(44-3)38-39(27)32)43-28(23-40-20-24-13-7-4-8-14-24)30(34)41-21-25-15-9-5-10-16-25/h4-19,28-30H,20-23H2,1-3H3,(H,35,37,38)/t28-,29+,30-,34+/m1/s1. The lowest BCUT2D eigenvalue weighted by Crippen LogP contribution is -2.47. The number of benzene rings is 3. The summed E-state index contributed by atoms with van der Waals surface area (Å²) in [5.41, 5.74) is 3.65. The summed E-state index contributed by atoms with van der Waals surface area (Å²) in [6, 6.07) is 30.4. The van der Waals surface area contributed by atoms with Crippen molar-refractivity contribution < 1.29 is 18.9 Å². The van der Waals surface area contributed by atoms with E-state index in [1.807, 2.05) is 67.9 Å². The topological polar surface area (TPSA) is 92.0 Å². The molecule has 3 aromatic carbocycles. The van der Waals surface area contributed by atoms with E-state index in [9.17, 15) is 0 Å². The van der Waals surface area contributed by atoms with Crippen molar-refractivity contribution in [1.29, 1.82) is 0 Å². The number of ether oxygens (including phenoxy) is 4. The van der Waals surface area contributed by atoms with Crippen molar-refractivity contribution in [3.05, 3.63) is 120 Å². The molecule has 1 aliphatic rings. The number of fused-ring (bicyclic) bond motifs is 1. The summed E-state index contributed by atoms with van der Waals surface area (Å²) in [6.45, 7) is 3.62. The zero-order chi connectivity index (χ0) is 30.4. The number of imidazole rings is 1. The lowest BCUT2D eigenvalue weighted by Gasteiger charge is -2.35. The highest BCUT2D eigenvalue weighted by molar-refractivity contribution is 7.98. The van der Waals surface area contributed by atoms with Crippen LogP contribution < -0.4 is 5.32 Å². The van der Waals surface area contributed by atoms with E-state index in [1.54, 1.807) is 10.7 Å². The molecule has 0 aliphatic carbocycles. The molecule has 0 amide bonds. The van der Waals surface area contributed by atoms with Crippen molar-refractivity contribution in [2.24, 2.45) is 0 Å². The van der Waals surface area contributed by atoms with Gasteiger partial charge in [0.25, 0.3) is 0 Å². The molecule has 1 N–H and O–H groups in total. The minimum absolute atomic E-state index is 0.318. The Hall–Kier alpha value is -3.80. The Labute approximate surface area is 261 Å². The monoisotopic (exact) mass is 611 g/mol. The fraction of sp³-hybridized carbons (Fsp3) is 0.324. The zero-order valence-corrected chi connectivity index (χ0v) is 25.9. The minimum Gasteiger partial charge on any atom is -0.374 e. The molecule has 228 valence electrons. The molecule has 5 aromatic rings. The van der Waals surface area contributed by atoms with Crippen molar-refractivity contribution in [2.45, 2.75) is 55.8 Å². The van der Waals surface area contributed by atoms with E-state index in [2.05, 4.69) is 53.6 Å². The molecule has 0 saturated carbocycles. The van der Waals surface area contributed by atoms with Gasteiger partial charge in [0, 0.05) is 7.05 Å². The van der Waals surface area contributed by atoms with Crippen LogP contribution in [0.4, 0.5) is 5.82 Å². The molecule has 0 radical (unpaired) electrons. The van der Waals surface area contributed by atoms with Crippen molar-refractivity contribution in [1.82, 2.24) is 19.6 Å². The first-order valence-corrected chi connectivity index (χ1v) is 15.9. The predicted molar refractivity (Wildman–Crippen MR) is 170 cm³/mol. The Morgan fingerprint density at radius 2 is 1.50 bits per heavy atom. The molecular weight excluding hydrogens is 574 g/mol. The molecule has 4 atom stereocenters. The third kappa shape index (κ3) is 6.50. The van der Waals surface area contributed by atoms with Gasteiger partial charge in [-0.1, -0.05) is 103 Å². The summed E-state index contributed by atoms with van der Waals surface area (Å²) in [6.07, 6.45) is 2.28. The largest absolute Gasteiger partial charge is 0.374 e. The fourth-order valence-corrected chi connectivity index (χ4v) is 5.92. The first kappa shape index (κ1) is 30.2. The Bertz CT molecular complexity index is 1640. The van der Waals surface area contributed by atoms with Crippen LogP contribution in [0.15, 0.2) is 102 Å². The lowest BCUT2D eigenvalue weighted by molar-refractivity contribution is -0.148. The molecule has 0 spiro atoms. The molecule has 10 heteroatoms. The Morgan fingerprint density at radius 1 is 0.886 bits per heavy atom. The molecule has 1 fully saturated rings. The van der Waals surface area contributed by atoms with Crippen LogP contribution in [-0.4, -0.2) is 57.3 Å². The highest BCUT2D eigenvalue weighted by Crippen LogP contribution is 2.47. The minimum atomic E-state index is -0.925. The number of rotatable bonds is 13. The summed E-state index contributed by atoms with van der Waals surface area (Å²) < 4.78 is 28.5. The maximum atomic E-state index is 6.88. The van der Waals surface area contributed by atoms with Gasteiger partial charge in [0.05, 0.1) is 38.3 Å². The van der Waals surface area contributed by atoms with Gasteiger partial charge in [0.1, 0.15) is 23.9 Å². The zero-order valence-electron chi connectivity index (χ0n) is 25.1. The maximum absolute atomic E-state index is 6.88. The molecule has 3 heterocycles. The van der Waals surface area contributed by atoms with Crippen LogP contribution in [0.1, 0.15) is 35.4 Å². The van der Waals surface area contributed by atoms with Crippen LogP contribution in [0.2, 0.25) is 0 Å². The molecular formula is C34H37N5O4S. The molecule has 9 nitrogen and oxygen atoms in total. The Morgan fingerprint density at radius 3 is 2.11 bits per heavy atom. The van der Waals surface area contributed by atoms with Gasteiger partial charge in [-0.15, -0.1) is 5.10 Å². The fourth-order valence-electron chi connectivity index (χ4n) is 5.57. The number of nitrogens with zero attached hydrogens (tertiary/aromatic N) is 4. The highest BCUT2D eigenvalue weighted by Gasteiger charge is 2.57. The average molecular weight is 612 g/mol. The smallest absolute Gasteiger partial charge is 0.209 e. The van der Waals surface area contributed by atoms with E-state index in [0.717, 1.165) is 22.4 Å². The normalized spacial score (nSPS) is 21.6. The molecule has 1 saturated heterocycles. The summed E-state index contributed by atoms with van der Waals surface area (Å²) >= 11 is 1.46. The third-order valence-corrected chi connectivity index (χ3v) is 8.39. The van der Waals surface area contributed by atoms with Gasteiger partial charge in [-0.3, -0.25) is 0 Å². The summed E-state index contributed by atoms with van der Waals surface area (Å²) in [5.74, 6) is 0.639. The van der Waals surface area contributed by atoms with Gasteiger partial charge in [-0.25, -0.2) is 9.50 Å². The second-order valence-corrected chi connectivity index (χ2v) is 11.6. The first-order valence-electron chi connectivity index (χ1n) is 14.7. The van der Waals surface area contributed by atoms with Gasteiger partial charge < -0.3 is 24.3 Å². The predicted octanol–water partition coefficient (Wildman–Crippen LogP) is 6.11. The number of nitrogens with one attached hydrogen (secondary N) is 1. The third-order valence-electron chi connectivity index (χ3n) is 7.85. The van der Waals surface area contributed by atoms with Crippen molar-refractivity contribution in [3.8, 4) is 0 Å². The van der Waals surface area contributed by atoms with E-state index in [1.165, 1.54) is 11.8 Å². The molecule has 6 rings (SSSR count). The number of thioether (sulfide) groups is 1. The van der Waals surface area contributed by atoms with Crippen LogP contribution in [0.5, 0.6) is 0 Å². The molecule has 0 unspecified atom stereocenters. The number of hydrogen-bond acceptors (Lipinski definition) is 9. The summed E-state index contributed by atoms with van der Waals surface area (Å²) in [4.78, 5) is 9.29.